The molecule has 0 spiro atoms. The van der Waals surface area contributed by atoms with Crippen molar-refractivity contribution < 1.29 is 13.9 Å². The van der Waals surface area contributed by atoms with Crippen molar-refractivity contribution in [3.8, 4) is 11.5 Å². The first-order valence-corrected chi connectivity index (χ1v) is 8.59. The number of oxazole rings is 1. The molecule has 6 heteroatoms. The molecule has 1 heterocycles. The van der Waals surface area contributed by atoms with E-state index >= 15 is 0 Å². The molecule has 0 unspecified atom stereocenters. The zero-order valence-corrected chi connectivity index (χ0v) is 15.1. The minimum atomic E-state index is -0.380. The number of nitrogens with zero attached hydrogens (tertiary/aromatic N) is 1. The number of halogens is 1. The van der Waals surface area contributed by atoms with Crippen LogP contribution in [0.5, 0.6) is 11.5 Å². The summed E-state index contributed by atoms with van der Waals surface area (Å²) in [4.78, 5) is 12.2. The van der Waals surface area contributed by atoms with Crippen molar-refractivity contribution in [1.29, 1.82) is 0 Å². The molecule has 0 atom stereocenters. The highest BCUT2D eigenvalue weighted by Crippen LogP contribution is 2.34. The Hall–Kier alpha value is -2.21. The number of benzene rings is 2. The van der Waals surface area contributed by atoms with Crippen molar-refractivity contribution in [2.75, 3.05) is 13.2 Å². The molecule has 0 saturated heterocycles. The molecule has 0 fully saturated rings. The quantitative estimate of drug-likeness (QED) is 0.631. The molecule has 0 aliphatic heterocycles. The molecule has 0 aliphatic rings. The molecule has 3 rings (SSSR count). The third-order valence-electron chi connectivity index (χ3n) is 3.61. The summed E-state index contributed by atoms with van der Waals surface area (Å²) in [5.41, 5.74) is 2.26. The van der Waals surface area contributed by atoms with Gasteiger partial charge < -0.3 is 13.9 Å². The first kappa shape index (κ1) is 16.6. The molecule has 0 bridgehead atoms. The highest BCUT2D eigenvalue weighted by atomic mass is 79.9. The van der Waals surface area contributed by atoms with Gasteiger partial charge in [-0.2, -0.15) is 0 Å². The molecule has 2 aromatic carbocycles. The van der Waals surface area contributed by atoms with Crippen molar-refractivity contribution in [3.05, 3.63) is 57.0 Å². The van der Waals surface area contributed by atoms with Gasteiger partial charge >= 0.3 is 5.76 Å². The second-order valence-corrected chi connectivity index (χ2v) is 6.03. The van der Waals surface area contributed by atoms with E-state index in [1.165, 1.54) is 0 Å². The molecule has 0 amide bonds. The Morgan fingerprint density at radius 3 is 2.46 bits per heavy atom. The predicted molar refractivity (Wildman–Crippen MR) is 96.1 cm³/mol. The molecule has 5 nitrogen and oxygen atoms in total. The summed E-state index contributed by atoms with van der Waals surface area (Å²) in [6.07, 6.45) is 0. The minimum absolute atomic E-state index is 0.378. The average molecular weight is 392 g/mol. The third kappa shape index (κ3) is 3.19. The largest absolute Gasteiger partial charge is 0.490 e. The van der Waals surface area contributed by atoms with E-state index in [0.717, 1.165) is 15.6 Å². The lowest BCUT2D eigenvalue weighted by Gasteiger charge is -2.14. The number of ether oxygens (including phenoxy) is 2. The molecule has 0 radical (unpaired) electrons. The fourth-order valence-corrected chi connectivity index (χ4v) is 3.02. The standard InChI is InChI=1S/C18H18BrNO4/c1-3-22-16-9-12(13(19)10-17(16)23-4-2)11-20-14-7-5-6-8-15(14)24-18(20)21/h5-10H,3-4,11H2,1-2H3. The van der Waals surface area contributed by atoms with Crippen LogP contribution < -0.4 is 15.2 Å². The SMILES string of the molecule is CCOc1cc(Br)c(Cn2c(=O)oc3ccccc32)cc1OCC. The van der Waals surface area contributed by atoms with Gasteiger partial charge in [0.15, 0.2) is 17.1 Å². The molecule has 0 saturated carbocycles. The van der Waals surface area contributed by atoms with E-state index in [1.807, 2.05) is 44.2 Å². The lowest BCUT2D eigenvalue weighted by molar-refractivity contribution is 0.287. The van der Waals surface area contributed by atoms with Crippen molar-refractivity contribution in [2.45, 2.75) is 20.4 Å². The number of aromatic nitrogens is 1. The van der Waals surface area contributed by atoms with Gasteiger partial charge in [0.1, 0.15) is 0 Å². The average Bonchev–Trinajstić information content (AvgIpc) is 2.88. The third-order valence-corrected chi connectivity index (χ3v) is 4.35. The number of fused-ring (bicyclic) bond motifs is 1. The van der Waals surface area contributed by atoms with E-state index in [2.05, 4.69) is 15.9 Å². The Labute approximate surface area is 147 Å². The van der Waals surface area contributed by atoms with Gasteiger partial charge in [-0.05, 0) is 43.7 Å². The number of hydrogen-bond donors (Lipinski definition) is 0. The van der Waals surface area contributed by atoms with Crippen LogP contribution in [-0.4, -0.2) is 17.8 Å². The lowest BCUT2D eigenvalue weighted by Crippen LogP contribution is -2.15. The van der Waals surface area contributed by atoms with Crippen LogP contribution >= 0.6 is 15.9 Å². The maximum atomic E-state index is 12.2. The van der Waals surface area contributed by atoms with Crippen LogP contribution in [0.4, 0.5) is 0 Å². The molecule has 3 aromatic rings. The van der Waals surface area contributed by atoms with Crippen LogP contribution in [-0.2, 0) is 6.54 Å². The van der Waals surface area contributed by atoms with Gasteiger partial charge in [0, 0.05) is 4.47 Å². The predicted octanol–water partition coefficient (Wildman–Crippen LogP) is 4.20. The lowest BCUT2D eigenvalue weighted by atomic mass is 10.2. The molecular formula is C18H18BrNO4. The summed E-state index contributed by atoms with van der Waals surface area (Å²) in [6, 6.07) is 11.1. The first-order chi connectivity index (χ1) is 11.6. The van der Waals surface area contributed by atoms with E-state index in [9.17, 15) is 4.79 Å². The van der Waals surface area contributed by atoms with Gasteiger partial charge in [0.05, 0.1) is 25.3 Å². The van der Waals surface area contributed by atoms with E-state index in [1.54, 1.807) is 10.6 Å². The Bertz CT molecular complexity index is 913. The topological polar surface area (TPSA) is 53.6 Å². The fourth-order valence-electron chi connectivity index (χ4n) is 2.57. The van der Waals surface area contributed by atoms with E-state index < -0.39 is 0 Å². The van der Waals surface area contributed by atoms with Gasteiger partial charge in [-0.25, -0.2) is 4.79 Å². The second-order valence-electron chi connectivity index (χ2n) is 5.18. The molecular weight excluding hydrogens is 374 g/mol. The molecule has 126 valence electrons. The van der Waals surface area contributed by atoms with Crippen LogP contribution in [0.25, 0.3) is 11.1 Å². The smallest absolute Gasteiger partial charge is 0.420 e. The number of hydrogen-bond acceptors (Lipinski definition) is 4. The molecule has 0 N–H and O–H groups in total. The van der Waals surface area contributed by atoms with E-state index in [4.69, 9.17) is 13.9 Å². The van der Waals surface area contributed by atoms with Crippen molar-refractivity contribution in [3.63, 3.8) is 0 Å². The van der Waals surface area contributed by atoms with Gasteiger partial charge in [-0.15, -0.1) is 0 Å². The van der Waals surface area contributed by atoms with Crippen LogP contribution in [0.3, 0.4) is 0 Å². The zero-order chi connectivity index (χ0) is 17.1. The summed E-state index contributed by atoms with van der Waals surface area (Å²) in [5, 5.41) is 0. The van der Waals surface area contributed by atoms with Gasteiger partial charge in [0.25, 0.3) is 0 Å². The highest BCUT2D eigenvalue weighted by Gasteiger charge is 2.14. The number of rotatable bonds is 6. The van der Waals surface area contributed by atoms with Crippen molar-refractivity contribution >= 4 is 27.0 Å². The molecule has 1 aromatic heterocycles. The summed E-state index contributed by atoms with van der Waals surface area (Å²) < 4.78 is 19.0. The fraction of sp³-hybridized carbons (Fsp3) is 0.278. The second kappa shape index (κ2) is 7.13. The van der Waals surface area contributed by atoms with Gasteiger partial charge in [0.2, 0.25) is 0 Å². The summed E-state index contributed by atoms with van der Waals surface area (Å²) in [5.74, 6) is 0.965. The van der Waals surface area contributed by atoms with E-state index in [-0.39, 0.29) is 5.76 Å². The Balaban J connectivity index is 2.04. The van der Waals surface area contributed by atoms with Crippen LogP contribution in [0.1, 0.15) is 19.4 Å². The van der Waals surface area contributed by atoms with Crippen LogP contribution in [0, 0.1) is 0 Å². The zero-order valence-electron chi connectivity index (χ0n) is 13.5. The molecule has 0 aliphatic carbocycles. The van der Waals surface area contributed by atoms with Crippen molar-refractivity contribution in [2.24, 2.45) is 0 Å². The first-order valence-electron chi connectivity index (χ1n) is 7.80. The highest BCUT2D eigenvalue weighted by molar-refractivity contribution is 9.10. The van der Waals surface area contributed by atoms with Gasteiger partial charge in [-0.1, -0.05) is 28.1 Å². The maximum Gasteiger partial charge on any atom is 0.420 e. The van der Waals surface area contributed by atoms with E-state index in [0.29, 0.717) is 36.8 Å². The molecule has 24 heavy (non-hydrogen) atoms. The number of para-hydroxylation sites is 2. The van der Waals surface area contributed by atoms with Crippen molar-refractivity contribution in [1.82, 2.24) is 4.57 Å². The van der Waals surface area contributed by atoms with Crippen LogP contribution in [0.15, 0.2) is 50.1 Å². The minimum Gasteiger partial charge on any atom is -0.490 e. The van der Waals surface area contributed by atoms with Crippen LogP contribution in [0.2, 0.25) is 0 Å². The maximum absolute atomic E-state index is 12.2. The Morgan fingerprint density at radius 1 is 1.08 bits per heavy atom. The summed E-state index contributed by atoms with van der Waals surface area (Å²) in [6.45, 7) is 5.32. The monoisotopic (exact) mass is 391 g/mol. The van der Waals surface area contributed by atoms with Gasteiger partial charge in [-0.3, -0.25) is 4.57 Å². The Morgan fingerprint density at radius 2 is 1.75 bits per heavy atom. The summed E-state index contributed by atoms with van der Waals surface area (Å²) >= 11 is 3.56. The summed E-state index contributed by atoms with van der Waals surface area (Å²) in [7, 11) is 0. The Kier molecular flexibility index (Phi) is 4.94. The normalized spacial score (nSPS) is 11.0.